The molecule has 0 radical (unpaired) electrons. The minimum absolute atomic E-state index is 0.279. The molecule has 7 heteroatoms. The van der Waals surface area contributed by atoms with Gasteiger partial charge in [-0.1, -0.05) is 41.6 Å². The Kier molecular flexibility index (Phi) is 5.55. The van der Waals surface area contributed by atoms with Crippen LogP contribution in [0.25, 0.3) is 11.5 Å². The lowest BCUT2D eigenvalue weighted by atomic mass is 10.1. The number of amides is 1. The first-order valence-corrected chi connectivity index (χ1v) is 9.39. The van der Waals surface area contributed by atoms with E-state index in [0.717, 1.165) is 16.7 Å². The van der Waals surface area contributed by atoms with Crippen LogP contribution in [0.5, 0.6) is 0 Å². The first-order chi connectivity index (χ1) is 14.6. The van der Waals surface area contributed by atoms with Crippen molar-refractivity contribution in [1.82, 2.24) is 15.2 Å². The van der Waals surface area contributed by atoms with E-state index >= 15 is 0 Å². The first kappa shape index (κ1) is 19.4. The van der Waals surface area contributed by atoms with Gasteiger partial charge in [0.25, 0.3) is 5.91 Å². The summed E-state index contributed by atoms with van der Waals surface area (Å²) in [5.41, 5.74) is 3.33. The Bertz CT molecular complexity index is 1260. The van der Waals surface area contributed by atoms with Crippen molar-refractivity contribution >= 4 is 23.3 Å². The van der Waals surface area contributed by atoms with Crippen molar-refractivity contribution in [3.63, 3.8) is 0 Å². The number of aryl methyl sites for hydroxylation is 1. The van der Waals surface area contributed by atoms with E-state index in [0.29, 0.717) is 22.3 Å². The van der Waals surface area contributed by atoms with E-state index in [-0.39, 0.29) is 11.5 Å². The zero-order chi connectivity index (χ0) is 20.9. The number of halogens is 1. The molecule has 0 aliphatic rings. The van der Waals surface area contributed by atoms with E-state index in [4.69, 9.17) is 16.0 Å². The summed E-state index contributed by atoms with van der Waals surface area (Å²) in [5, 5.41) is 10.6. The average molecular weight is 415 g/mol. The standard InChI is InChI=1S/C23H15ClN4O2/c1-15-11-17(8-7-16-5-3-2-4-6-16)13-25-21(15)27-22(29)19-12-18(9-10-20(19)24)23-28-26-14-30-23/h2-6,9-14H,1H3,(H,25,27,29). The van der Waals surface area contributed by atoms with Gasteiger partial charge in [0.05, 0.1) is 10.6 Å². The molecule has 1 N–H and O–H groups in total. The number of hydrogen-bond donors (Lipinski definition) is 1. The SMILES string of the molecule is Cc1cc(C#Cc2ccccc2)cnc1NC(=O)c1cc(-c2nnco2)ccc1Cl. The normalized spacial score (nSPS) is 10.2. The van der Waals surface area contributed by atoms with Gasteiger partial charge in [0.1, 0.15) is 5.82 Å². The van der Waals surface area contributed by atoms with E-state index in [2.05, 4.69) is 32.3 Å². The monoisotopic (exact) mass is 414 g/mol. The van der Waals surface area contributed by atoms with Crippen molar-refractivity contribution in [2.75, 3.05) is 5.32 Å². The highest BCUT2D eigenvalue weighted by Gasteiger charge is 2.15. The molecule has 1 amide bonds. The minimum Gasteiger partial charge on any atom is -0.423 e. The van der Waals surface area contributed by atoms with Gasteiger partial charge in [-0.3, -0.25) is 4.79 Å². The number of nitrogens with one attached hydrogen (secondary N) is 1. The second-order valence-corrected chi connectivity index (χ2v) is 6.81. The van der Waals surface area contributed by atoms with Crippen LogP contribution >= 0.6 is 11.6 Å². The molecule has 0 saturated carbocycles. The summed E-state index contributed by atoms with van der Waals surface area (Å²) in [4.78, 5) is 17.1. The zero-order valence-electron chi connectivity index (χ0n) is 15.9. The molecule has 0 fully saturated rings. The highest BCUT2D eigenvalue weighted by molar-refractivity contribution is 6.34. The Morgan fingerprint density at radius 1 is 1.07 bits per heavy atom. The fourth-order valence-electron chi connectivity index (χ4n) is 2.75. The van der Waals surface area contributed by atoms with E-state index in [1.807, 2.05) is 43.3 Å². The maximum atomic E-state index is 12.8. The fraction of sp³-hybridized carbons (Fsp3) is 0.0435. The third-order valence-electron chi connectivity index (χ3n) is 4.25. The summed E-state index contributed by atoms with van der Waals surface area (Å²) in [6, 6.07) is 16.5. The molecule has 4 aromatic rings. The number of aromatic nitrogens is 3. The van der Waals surface area contributed by atoms with Gasteiger partial charge in [-0.05, 0) is 48.9 Å². The van der Waals surface area contributed by atoms with Crippen LogP contribution in [0.1, 0.15) is 27.0 Å². The van der Waals surface area contributed by atoms with E-state index in [1.165, 1.54) is 6.39 Å². The van der Waals surface area contributed by atoms with E-state index in [9.17, 15) is 4.79 Å². The molecule has 6 nitrogen and oxygen atoms in total. The van der Waals surface area contributed by atoms with Crippen LogP contribution in [-0.2, 0) is 0 Å². The number of carbonyl (C=O) groups excluding carboxylic acids is 1. The van der Waals surface area contributed by atoms with Crippen molar-refractivity contribution in [3.8, 4) is 23.3 Å². The lowest BCUT2D eigenvalue weighted by Crippen LogP contribution is -2.14. The maximum absolute atomic E-state index is 12.8. The molecule has 0 saturated heterocycles. The van der Waals surface area contributed by atoms with Gasteiger partial charge in [0.2, 0.25) is 12.3 Å². The highest BCUT2D eigenvalue weighted by Crippen LogP contribution is 2.25. The summed E-state index contributed by atoms with van der Waals surface area (Å²) < 4.78 is 5.18. The average Bonchev–Trinajstić information content (AvgIpc) is 3.30. The van der Waals surface area contributed by atoms with Crippen molar-refractivity contribution in [1.29, 1.82) is 0 Å². The lowest BCUT2D eigenvalue weighted by Gasteiger charge is -2.09. The molecule has 4 rings (SSSR count). The Hall–Kier alpha value is -3.95. The zero-order valence-corrected chi connectivity index (χ0v) is 16.6. The van der Waals surface area contributed by atoms with Crippen LogP contribution in [0.4, 0.5) is 5.82 Å². The smallest absolute Gasteiger partial charge is 0.258 e. The van der Waals surface area contributed by atoms with Crippen LogP contribution in [0, 0.1) is 18.8 Å². The van der Waals surface area contributed by atoms with Crippen LogP contribution < -0.4 is 5.32 Å². The summed E-state index contributed by atoms with van der Waals surface area (Å²) in [6.45, 7) is 1.85. The molecule has 146 valence electrons. The predicted octanol–water partition coefficient (Wildman–Crippen LogP) is 4.75. The third-order valence-corrected chi connectivity index (χ3v) is 4.58. The summed E-state index contributed by atoms with van der Waals surface area (Å²) in [7, 11) is 0. The quantitative estimate of drug-likeness (QED) is 0.489. The molecule has 0 bridgehead atoms. The molecule has 0 aliphatic heterocycles. The number of rotatable bonds is 3. The molecule has 2 aromatic heterocycles. The molecule has 2 aromatic carbocycles. The Morgan fingerprint density at radius 3 is 2.60 bits per heavy atom. The third kappa shape index (κ3) is 4.37. The molecule has 0 aliphatic carbocycles. The fourth-order valence-corrected chi connectivity index (χ4v) is 2.95. The van der Waals surface area contributed by atoms with Crippen LogP contribution in [0.15, 0.2) is 71.6 Å². The number of pyridine rings is 1. The van der Waals surface area contributed by atoms with Crippen LogP contribution in [0.2, 0.25) is 5.02 Å². The minimum atomic E-state index is -0.389. The van der Waals surface area contributed by atoms with Crippen molar-refractivity contribution < 1.29 is 9.21 Å². The van der Waals surface area contributed by atoms with Crippen molar-refractivity contribution in [2.24, 2.45) is 0 Å². The maximum Gasteiger partial charge on any atom is 0.258 e. The Morgan fingerprint density at radius 2 is 1.87 bits per heavy atom. The van der Waals surface area contributed by atoms with Crippen molar-refractivity contribution in [2.45, 2.75) is 6.92 Å². The molecule has 30 heavy (non-hydrogen) atoms. The van der Waals surface area contributed by atoms with Gasteiger partial charge in [-0.25, -0.2) is 4.98 Å². The molecular formula is C23H15ClN4O2. The molecule has 0 spiro atoms. The van der Waals surface area contributed by atoms with Crippen LogP contribution in [0.3, 0.4) is 0 Å². The van der Waals surface area contributed by atoms with Crippen molar-refractivity contribution in [3.05, 3.63) is 94.5 Å². The number of nitrogens with zero attached hydrogens (tertiary/aromatic N) is 3. The van der Waals surface area contributed by atoms with Crippen LogP contribution in [-0.4, -0.2) is 21.1 Å². The number of anilines is 1. The summed E-state index contributed by atoms with van der Waals surface area (Å²) >= 11 is 6.22. The van der Waals surface area contributed by atoms with Gasteiger partial charge in [0, 0.05) is 22.9 Å². The topological polar surface area (TPSA) is 80.9 Å². The second kappa shape index (κ2) is 8.60. The predicted molar refractivity (Wildman–Crippen MR) is 114 cm³/mol. The van der Waals surface area contributed by atoms with Gasteiger partial charge >= 0.3 is 0 Å². The Balaban J connectivity index is 1.54. The van der Waals surface area contributed by atoms with Gasteiger partial charge in [-0.15, -0.1) is 10.2 Å². The highest BCUT2D eigenvalue weighted by atomic mass is 35.5. The molecule has 2 heterocycles. The number of hydrogen-bond acceptors (Lipinski definition) is 5. The summed E-state index contributed by atoms with van der Waals surface area (Å²) in [5.74, 6) is 6.51. The van der Waals surface area contributed by atoms with Gasteiger partial charge in [0.15, 0.2) is 0 Å². The number of carbonyl (C=O) groups is 1. The first-order valence-electron chi connectivity index (χ1n) is 9.01. The largest absolute Gasteiger partial charge is 0.423 e. The number of benzene rings is 2. The lowest BCUT2D eigenvalue weighted by molar-refractivity contribution is 0.102. The van der Waals surface area contributed by atoms with E-state index in [1.54, 1.807) is 24.4 Å². The van der Waals surface area contributed by atoms with E-state index < -0.39 is 0 Å². The molecular weight excluding hydrogens is 400 g/mol. The summed E-state index contributed by atoms with van der Waals surface area (Å²) in [6.07, 6.45) is 2.84. The molecule has 0 atom stereocenters. The second-order valence-electron chi connectivity index (χ2n) is 6.40. The Labute approximate surface area is 177 Å². The van der Waals surface area contributed by atoms with Gasteiger partial charge in [-0.2, -0.15) is 0 Å². The van der Waals surface area contributed by atoms with Gasteiger partial charge < -0.3 is 9.73 Å². The molecule has 0 unspecified atom stereocenters.